The van der Waals surface area contributed by atoms with Gasteiger partial charge in [-0.15, -0.1) is 0 Å². The lowest BCUT2D eigenvalue weighted by molar-refractivity contribution is -0.256. The number of hydrogen-bond donors (Lipinski definition) is 10. The van der Waals surface area contributed by atoms with Crippen LogP contribution >= 0.6 is 0 Å². The first-order chi connectivity index (χ1) is 42.0. The number of aliphatic hydroxyl groups is 2. The van der Waals surface area contributed by atoms with Crippen molar-refractivity contribution in [2.75, 3.05) is 50.6 Å². The molecule has 28 nitrogen and oxygen atoms in total. The second kappa shape index (κ2) is 27.4. The molecule has 2 aliphatic carbocycles. The van der Waals surface area contributed by atoms with Crippen LogP contribution in [0.25, 0.3) is 0 Å². The van der Waals surface area contributed by atoms with Crippen molar-refractivity contribution in [3.8, 4) is 11.5 Å². The maximum absolute atomic E-state index is 14.7. The Morgan fingerprint density at radius 1 is 0.864 bits per heavy atom. The van der Waals surface area contributed by atoms with Crippen molar-refractivity contribution in [2.24, 2.45) is 11.7 Å². The fraction of sp³-hybridized carbons (Fsp3) is 0.500. The van der Waals surface area contributed by atoms with Gasteiger partial charge in [0.05, 0.1) is 41.2 Å². The van der Waals surface area contributed by atoms with Gasteiger partial charge in [0, 0.05) is 93.0 Å². The summed E-state index contributed by atoms with van der Waals surface area (Å²) in [5, 5.41) is 59.1. The lowest BCUT2D eigenvalue weighted by atomic mass is 9.71. The fourth-order valence-electron chi connectivity index (χ4n) is 12.1. The molecular weight excluding hydrogens is 1150 g/mol. The van der Waals surface area contributed by atoms with Crippen LogP contribution in [0.2, 0.25) is 0 Å². The number of ketones is 3. The number of primary amides is 1. The average molecular weight is 1230 g/mol. The van der Waals surface area contributed by atoms with E-state index in [2.05, 4.69) is 31.5 Å². The number of hydrogen-bond acceptors (Lipinski definition) is 21. The van der Waals surface area contributed by atoms with Gasteiger partial charge in [-0.1, -0.05) is 44.5 Å². The third-order valence-corrected chi connectivity index (χ3v) is 16.5. The maximum Gasteiger partial charge on any atom is 0.411 e. The molecule has 10 atom stereocenters. The summed E-state index contributed by atoms with van der Waals surface area (Å²) in [5.74, 6) is -7.42. The van der Waals surface area contributed by atoms with E-state index in [1.165, 1.54) is 61.7 Å². The Morgan fingerprint density at radius 2 is 1.59 bits per heavy atom. The second-order valence-corrected chi connectivity index (χ2v) is 22.8. The summed E-state index contributed by atoms with van der Waals surface area (Å²) in [6, 6.07) is 6.80. The van der Waals surface area contributed by atoms with Gasteiger partial charge in [0.2, 0.25) is 17.7 Å². The molecule has 3 aromatic carbocycles. The van der Waals surface area contributed by atoms with E-state index in [4.69, 9.17) is 34.2 Å². The highest BCUT2D eigenvalue weighted by Gasteiger charge is 2.55. The largest absolute Gasteiger partial charge is 0.507 e. The summed E-state index contributed by atoms with van der Waals surface area (Å²) in [7, 11) is 1.50. The van der Waals surface area contributed by atoms with Crippen LogP contribution in [0.15, 0.2) is 54.6 Å². The molecule has 0 bridgehead atoms. The molecule has 4 aliphatic heterocycles. The number of rotatable bonds is 24. The summed E-state index contributed by atoms with van der Waals surface area (Å²) >= 11 is 0. The van der Waals surface area contributed by atoms with Crippen LogP contribution in [0.3, 0.4) is 0 Å². The van der Waals surface area contributed by atoms with Crippen molar-refractivity contribution in [1.82, 2.24) is 25.8 Å². The van der Waals surface area contributed by atoms with E-state index in [0.29, 0.717) is 38.0 Å². The van der Waals surface area contributed by atoms with E-state index in [0.717, 1.165) is 4.90 Å². The highest BCUT2D eigenvalue weighted by Crippen LogP contribution is 2.53. The number of amides is 8. The van der Waals surface area contributed by atoms with E-state index in [1.807, 2.05) is 0 Å². The van der Waals surface area contributed by atoms with Crippen molar-refractivity contribution in [1.29, 1.82) is 0 Å². The highest BCUT2D eigenvalue weighted by molar-refractivity contribution is 6.32. The molecule has 0 spiro atoms. The zero-order valence-electron chi connectivity index (χ0n) is 48.9. The Kier molecular flexibility index (Phi) is 20.0. The molecule has 0 radical (unpaired) electrons. The minimum atomic E-state index is -2.37. The number of phenolic OH excluding ortho intramolecular Hbond substituents is 2. The molecule has 0 unspecified atom stereocenters. The average Bonchev–Trinajstić information content (AvgIpc) is 1.52. The normalized spacial score (nSPS) is 24.3. The predicted molar refractivity (Wildman–Crippen MR) is 306 cm³/mol. The Hall–Kier alpha value is -8.22. The molecule has 88 heavy (non-hydrogen) atoms. The number of aromatic hydroxyl groups is 2. The number of morpholine rings is 1. The van der Waals surface area contributed by atoms with E-state index in [-0.39, 0.29) is 96.9 Å². The summed E-state index contributed by atoms with van der Waals surface area (Å²) < 4.78 is 35.8. The number of nitrogens with two attached hydrogens (primary N) is 1. The van der Waals surface area contributed by atoms with Gasteiger partial charge < -0.3 is 75.8 Å². The van der Waals surface area contributed by atoms with E-state index < -0.39 is 150 Å². The number of Topliss-reactive ketones (excluding diaryl/α,β-unsaturated/α-hetero) is 1. The van der Waals surface area contributed by atoms with Crippen LogP contribution in [-0.4, -0.2) is 184 Å². The molecular formula is C60H72N8O20. The first-order valence-corrected chi connectivity index (χ1v) is 29.1. The van der Waals surface area contributed by atoms with Crippen molar-refractivity contribution in [3.63, 3.8) is 0 Å². The summed E-state index contributed by atoms with van der Waals surface area (Å²) in [6.45, 7) is 4.94. The van der Waals surface area contributed by atoms with Crippen molar-refractivity contribution in [2.45, 2.75) is 146 Å². The molecule has 6 aliphatic rings. The zero-order chi connectivity index (χ0) is 63.3. The molecule has 0 saturated carbocycles. The Balaban J connectivity index is 0.841. The summed E-state index contributed by atoms with van der Waals surface area (Å²) in [5.41, 5.74) is 0.999. The van der Waals surface area contributed by atoms with Gasteiger partial charge in [0.15, 0.2) is 36.2 Å². The number of carbonyl (C=O) groups is 10. The van der Waals surface area contributed by atoms with Crippen molar-refractivity contribution in [3.05, 3.63) is 93.6 Å². The maximum atomic E-state index is 14.7. The van der Waals surface area contributed by atoms with Crippen LogP contribution in [0, 0.1) is 5.92 Å². The first-order valence-electron chi connectivity index (χ1n) is 29.1. The van der Waals surface area contributed by atoms with Crippen LogP contribution < -0.4 is 32.3 Å². The molecule has 3 saturated heterocycles. The molecule has 3 aromatic rings. The molecule has 3 fully saturated rings. The van der Waals surface area contributed by atoms with Crippen LogP contribution in [-0.2, 0) is 70.2 Å². The topological polar surface area (TPSA) is 400 Å². The number of ether oxygens (including phenoxy) is 6. The standard InChI is InChI=1S/C60H72N8O20/c1-29(2)48(66-40(71)13-6-5-7-21-68-41(72)18-19-42(68)73)55(79)64-36(12-9-20-62-58(61)80)54(78)63-32-16-14-31(15-17-32)28-85-59(81)65-35-11-8-10-33-44(35)51(76)47-46(49(33)74)50(75)34-25-60(82,39(70)27-69)26-38(45(34)52(47)77)87-43-24-37-53(30(3)86-43)88-56-57(83-4)84-23-22-67(37)56/h8,10-11,14-19,29-30,36-38,43,48,53,56-57,69,75,77,82H,5-7,9,12-13,20-28H2,1-4H3,(H,63,78)(H,64,79)(H,65,81)(H,66,71)(H3,61,62,80)/t30-,36-,37-,38-,43-,48-,53+,56+,57-,60-/m0/s1. The lowest BCUT2D eigenvalue weighted by Crippen LogP contribution is -2.55. The van der Waals surface area contributed by atoms with Gasteiger partial charge in [0.1, 0.15) is 48.5 Å². The number of anilines is 2. The van der Waals surface area contributed by atoms with E-state index in [1.54, 1.807) is 20.8 Å². The van der Waals surface area contributed by atoms with E-state index in [9.17, 15) is 68.4 Å². The smallest absolute Gasteiger partial charge is 0.411 e. The van der Waals surface area contributed by atoms with Gasteiger partial charge in [-0.05, 0) is 62.3 Å². The minimum Gasteiger partial charge on any atom is -0.507 e. The molecule has 4 heterocycles. The minimum absolute atomic E-state index is 0.0497. The van der Waals surface area contributed by atoms with Gasteiger partial charge in [-0.2, -0.15) is 0 Å². The quantitative estimate of drug-likeness (QED) is 0.0272. The number of methoxy groups -OCH3 is 1. The number of imide groups is 1. The number of aliphatic hydroxyl groups excluding tert-OH is 1. The molecule has 8 amide bonds. The number of nitrogens with one attached hydrogen (secondary N) is 5. The number of benzene rings is 3. The molecule has 9 rings (SSSR count). The van der Waals surface area contributed by atoms with Gasteiger partial charge in [-0.25, -0.2) is 9.59 Å². The van der Waals surface area contributed by atoms with Crippen LogP contribution in [0.4, 0.5) is 21.0 Å². The third kappa shape index (κ3) is 13.7. The number of fused-ring (bicyclic) bond motifs is 6. The van der Waals surface area contributed by atoms with Crippen LogP contribution in [0.5, 0.6) is 11.5 Å². The summed E-state index contributed by atoms with van der Waals surface area (Å²) in [4.78, 5) is 135. The Morgan fingerprint density at radius 3 is 2.28 bits per heavy atom. The Labute approximate surface area is 504 Å². The first kappa shape index (κ1) is 64.3. The van der Waals surface area contributed by atoms with E-state index >= 15 is 0 Å². The predicted octanol–water partition coefficient (Wildman–Crippen LogP) is 1.95. The molecule has 0 aromatic heterocycles. The van der Waals surface area contributed by atoms with Crippen molar-refractivity contribution < 1.29 is 96.8 Å². The van der Waals surface area contributed by atoms with Crippen LogP contribution in [0.1, 0.15) is 127 Å². The van der Waals surface area contributed by atoms with Crippen molar-refractivity contribution >= 4 is 70.4 Å². The van der Waals surface area contributed by atoms with Gasteiger partial charge >= 0.3 is 12.1 Å². The number of urea groups is 1. The molecule has 28 heteroatoms. The second-order valence-electron chi connectivity index (χ2n) is 22.8. The van der Waals surface area contributed by atoms with Gasteiger partial charge in [-0.3, -0.25) is 53.5 Å². The number of unbranched alkanes of at least 4 members (excludes halogenated alkanes) is 2. The SMILES string of the molecule is CO[C@H]1OCCN2[C@@H]1O[C@@H]1[C@H](C)O[C@@H](O[C@H]3C[C@](O)(C(=O)CO)Cc4c(O)c5c(c(O)c43)C(=O)c3c(NC(=O)OCc4ccc(NC(=O)[C@H](CCCNC(N)=O)NC(=O)[C@@H](NC(=O)CCCCCN6C(=O)C=CC6=O)C(C)C)cc4)cccc3C5=O)C[C@@H]12. The number of carbonyl (C=O) groups excluding carboxylic acids is 10. The molecule has 472 valence electrons. The third-order valence-electron chi connectivity index (χ3n) is 16.5. The number of phenols is 2. The number of nitrogens with zero attached hydrogens (tertiary/aromatic N) is 2. The monoisotopic (exact) mass is 1220 g/mol. The molecule has 11 N–H and O–H groups in total. The van der Waals surface area contributed by atoms with Gasteiger partial charge in [0.25, 0.3) is 11.8 Å². The fourth-order valence-corrected chi connectivity index (χ4v) is 12.1. The summed E-state index contributed by atoms with van der Waals surface area (Å²) in [6.07, 6.45) is -2.71. The Bertz CT molecular complexity index is 3260. The zero-order valence-corrected chi connectivity index (χ0v) is 48.9. The lowest BCUT2D eigenvalue weighted by Gasteiger charge is -2.43. The highest BCUT2D eigenvalue weighted by atomic mass is 16.7.